The Morgan fingerprint density at radius 3 is 1.30 bits per heavy atom. The van der Waals surface area contributed by atoms with Gasteiger partial charge in [0.25, 0.3) is 20.0 Å². The molecule has 82 heavy (non-hydrogen) atoms. The number of carboxylic acid groups (broad SMARTS) is 2. The SMILES string of the molecule is Cc1cccc(S(=O)(=O)N2C[C@H](C[C@@]3(C(=O)O)CCNC3=O)Oc3ccc(-c4cc(F)cc(OC(F)F)c4)cc32)c1.Cc1cccc(S(=O)(=O)N2C[C@H](C[C@]3(C(=O)O)CCNC3=O)Oc3ccc(-c4cc(F)cc(OC(F)F)c4)cc32)c1. The zero-order valence-electron chi connectivity index (χ0n) is 43.3. The van der Waals surface area contributed by atoms with Gasteiger partial charge in [0.05, 0.1) is 34.3 Å². The lowest BCUT2D eigenvalue weighted by Crippen LogP contribution is -2.49. The van der Waals surface area contributed by atoms with Crippen molar-refractivity contribution < 1.29 is 91.5 Å². The highest BCUT2D eigenvalue weighted by Crippen LogP contribution is 2.46. The molecule has 4 aliphatic heterocycles. The highest BCUT2D eigenvalue weighted by Gasteiger charge is 2.54. The Morgan fingerprint density at radius 2 is 0.976 bits per heavy atom. The van der Waals surface area contributed by atoms with Crippen LogP contribution in [0.5, 0.6) is 23.0 Å². The first-order valence-electron chi connectivity index (χ1n) is 25.1. The van der Waals surface area contributed by atoms with Gasteiger partial charge in [-0.15, -0.1) is 0 Å². The minimum Gasteiger partial charge on any atom is -0.486 e. The van der Waals surface area contributed by atoms with Crippen LogP contribution in [0.1, 0.15) is 36.8 Å². The quantitative estimate of drug-likeness (QED) is 0.0523. The molecule has 0 radical (unpaired) electrons. The van der Waals surface area contributed by atoms with E-state index in [0.717, 1.165) is 32.9 Å². The van der Waals surface area contributed by atoms with Gasteiger partial charge in [-0.25, -0.2) is 25.6 Å². The van der Waals surface area contributed by atoms with Crippen molar-refractivity contribution in [1.29, 1.82) is 0 Å². The number of nitrogens with zero attached hydrogens (tertiary/aromatic N) is 2. The summed E-state index contributed by atoms with van der Waals surface area (Å²) in [5.41, 5.74) is -1.21. The van der Waals surface area contributed by atoms with Crippen LogP contribution in [0.3, 0.4) is 0 Å². The van der Waals surface area contributed by atoms with Gasteiger partial charge in [-0.3, -0.25) is 27.8 Å². The first-order chi connectivity index (χ1) is 38.8. The average Bonchev–Trinajstić information content (AvgIpc) is 3.19. The number of carboxylic acids is 2. The molecule has 6 aromatic carbocycles. The minimum atomic E-state index is -4.24. The molecule has 0 spiro atoms. The van der Waals surface area contributed by atoms with E-state index in [9.17, 15) is 72.6 Å². The van der Waals surface area contributed by atoms with Gasteiger partial charge in [-0.1, -0.05) is 36.4 Å². The van der Waals surface area contributed by atoms with Gasteiger partial charge in [0.2, 0.25) is 11.8 Å². The van der Waals surface area contributed by atoms with Crippen molar-refractivity contribution in [2.45, 2.75) is 74.8 Å². The van der Waals surface area contributed by atoms with E-state index < -0.39 is 103 Å². The van der Waals surface area contributed by atoms with E-state index in [1.54, 1.807) is 38.1 Å². The Hall–Kier alpha value is -8.52. The minimum absolute atomic E-state index is 0.0139. The number of alkyl halides is 4. The second-order valence-corrected chi connectivity index (χ2v) is 23.6. The fraction of sp³-hybridized carbons (Fsp3) is 0.286. The fourth-order valence-corrected chi connectivity index (χ4v) is 13.6. The summed E-state index contributed by atoms with van der Waals surface area (Å²) in [6.07, 6.45) is -2.55. The van der Waals surface area contributed by atoms with E-state index in [-0.39, 0.29) is 107 Å². The van der Waals surface area contributed by atoms with Crippen LogP contribution in [0, 0.1) is 36.3 Å². The number of hydrogen-bond acceptors (Lipinski definition) is 12. The third-order valence-electron chi connectivity index (χ3n) is 14.3. The van der Waals surface area contributed by atoms with Gasteiger partial charge >= 0.3 is 25.2 Å². The van der Waals surface area contributed by atoms with Gasteiger partial charge in [-0.05, 0) is 133 Å². The number of amides is 2. The molecule has 0 unspecified atom stereocenters. The van der Waals surface area contributed by atoms with Crippen LogP contribution in [-0.2, 0) is 39.2 Å². The number of aliphatic carboxylic acids is 2. The van der Waals surface area contributed by atoms with Crippen LogP contribution >= 0.6 is 0 Å². The Labute approximate surface area is 465 Å². The molecule has 10 rings (SSSR count). The summed E-state index contributed by atoms with van der Waals surface area (Å²) in [5.74, 6) is -6.36. The summed E-state index contributed by atoms with van der Waals surface area (Å²) in [7, 11) is -8.48. The number of halogens is 6. The highest BCUT2D eigenvalue weighted by atomic mass is 32.2. The topological polar surface area (TPSA) is 244 Å². The van der Waals surface area contributed by atoms with Gasteiger partial charge < -0.3 is 39.8 Å². The predicted octanol–water partition coefficient (Wildman–Crippen LogP) is 8.68. The highest BCUT2D eigenvalue weighted by molar-refractivity contribution is 7.93. The lowest BCUT2D eigenvalue weighted by atomic mass is 9.80. The average molecular weight is 1180 g/mol. The van der Waals surface area contributed by atoms with Crippen LogP contribution in [0.25, 0.3) is 22.3 Å². The van der Waals surface area contributed by atoms with Crippen molar-refractivity contribution in [2.24, 2.45) is 10.8 Å². The summed E-state index contributed by atoms with van der Waals surface area (Å²) in [6.45, 7) is -3.22. The second kappa shape index (κ2) is 22.8. The normalized spacial score (nSPS) is 20.4. The number of carbonyl (C=O) groups excluding carboxylic acids is 2. The van der Waals surface area contributed by atoms with Gasteiger partial charge in [0.1, 0.15) is 46.8 Å². The molecule has 2 saturated heterocycles. The Balaban J connectivity index is 0.000000198. The molecule has 0 saturated carbocycles. The summed E-state index contributed by atoms with van der Waals surface area (Å²) in [4.78, 5) is 49.4. The molecule has 26 heteroatoms. The van der Waals surface area contributed by atoms with E-state index >= 15 is 0 Å². The van der Waals surface area contributed by atoms with Gasteiger partial charge in [-0.2, -0.15) is 17.6 Å². The molecule has 432 valence electrons. The molecule has 4 heterocycles. The molecule has 4 aliphatic rings. The van der Waals surface area contributed by atoms with E-state index in [1.165, 1.54) is 72.8 Å². The van der Waals surface area contributed by atoms with E-state index in [1.807, 2.05) is 0 Å². The maximum atomic E-state index is 14.3. The molecule has 18 nitrogen and oxygen atoms in total. The van der Waals surface area contributed by atoms with Crippen LogP contribution in [0.4, 0.5) is 37.7 Å². The smallest absolute Gasteiger partial charge is 0.387 e. The number of anilines is 2. The molecule has 0 bridgehead atoms. The standard InChI is InChI=1S/2C28H25F3N2O7S/c2*1-16-3-2-4-22(9-16)41(37,38)33-15-21(14-28(26(35)36)7-8-32-25(28)34)39-24-6-5-17(12-23(24)33)18-10-19(29)13-20(11-18)40-27(30)31/h2*2-6,9-13,21,27H,7-8,14-15H2,1H3,(H,32,34)(H,35,36)/t21-,28+;21-,28-/m00/s1. The molecule has 0 aromatic heterocycles. The van der Waals surface area contributed by atoms with Crippen molar-refractivity contribution >= 4 is 55.2 Å². The molecule has 2 amide bonds. The number of nitrogens with one attached hydrogen (secondary N) is 2. The fourth-order valence-electron chi connectivity index (χ4n) is 10.4. The lowest BCUT2D eigenvalue weighted by Gasteiger charge is -2.38. The van der Waals surface area contributed by atoms with Gasteiger partial charge in [0.15, 0.2) is 10.8 Å². The first kappa shape index (κ1) is 58.1. The van der Waals surface area contributed by atoms with Crippen molar-refractivity contribution in [3.05, 3.63) is 144 Å². The number of aryl methyl sites for hydroxylation is 2. The van der Waals surface area contributed by atoms with Crippen molar-refractivity contribution in [3.8, 4) is 45.3 Å². The maximum Gasteiger partial charge on any atom is 0.387 e. The zero-order chi connectivity index (χ0) is 59.1. The van der Waals surface area contributed by atoms with Crippen molar-refractivity contribution in [2.75, 3.05) is 34.8 Å². The largest absolute Gasteiger partial charge is 0.486 e. The van der Waals surface area contributed by atoms with E-state index in [2.05, 4.69) is 20.1 Å². The summed E-state index contributed by atoms with van der Waals surface area (Å²) < 4.78 is 158. The summed E-state index contributed by atoms with van der Waals surface area (Å²) in [5, 5.41) is 24.9. The summed E-state index contributed by atoms with van der Waals surface area (Å²) in [6, 6.07) is 27.2. The molecular formula is C56H50F6N4O14S2. The van der Waals surface area contributed by atoms with E-state index in [4.69, 9.17) is 9.47 Å². The number of hydrogen-bond donors (Lipinski definition) is 4. The van der Waals surface area contributed by atoms with Crippen LogP contribution < -0.4 is 38.2 Å². The Bertz CT molecular complexity index is 3510. The van der Waals surface area contributed by atoms with Gasteiger partial charge in [0, 0.05) is 38.1 Å². The Morgan fingerprint density at radius 1 is 0.585 bits per heavy atom. The third kappa shape index (κ3) is 11.8. The molecule has 4 N–H and O–H groups in total. The third-order valence-corrected chi connectivity index (χ3v) is 17.9. The number of rotatable bonds is 16. The van der Waals surface area contributed by atoms with Crippen molar-refractivity contribution in [3.63, 3.8) is 0 Å². The van der Waals surface area contributed by atoms with Crippen molar-refractivity contribution in [1.82, 2.24) is 10.6 Å². The van der Waals surface area contributed by atoms with Crippen LogP contribution in [0.2, 0.25) is 0 Å². The molecule has 2 fully saturated rings. The molecule has 0 aliphatic carbocycles. The number of sulfonamides is 2. The summed E-state index contributed by atoms with van der Waals surface area (Å²) >= 11 is 0. The molecule has 6 aromatic rings. The monoisotopic (exact) mass is 1180 g/mol. The molecule has 4 atom stereocenters. The Kier molecular flexibility index (Phi) is 16.2. The lowest BCUT2D eigenvalue weighted by molar-refractivity contribution is -0.157. The van der Waals surface area contributed by atoms with Crippen LogP contribution in [0.15, 0.2) is 131 Å². The number of fused-ring (bicyclic) bond motifs is 2. The van der Waals surface area contributed by atoms with Crippen LogP contribution in [-0.4, -0.2) is 102 Å². The number of benzene rings is 6. The molecular weight excluding hydrogens is 1130 g/mol. The zero-order valence-corrected chi connectivity index (χ0v) is 44.9. The second-order valence-electron chi connectivity index (χ2n) is 19.9. The van der Waals surface area contributed by atoms with E-state index in [0.29, 0.717) is 11.1 Å². The maximum absolute atomic E-state index is 14.3. The number of ether oxygens (including phenoxy) is 4. The predicted molar refractivity (Wildman–Crippen MR) is 282 cm³/mol. The first-order valence-corrected chi connectivity index (χ1v) is 28.0. The number of carbonyl (C=O) groups is 4.